The van der Waals surface area contributed by atoms with Crippen LogP contribution in [-0.2, 0) is 5.75 Å². The van der Waals surface area contributed by atoms with Crippen LogP contribution < -0.4 is 0 Å². The number of aromatic hydroxyl groups is 1. The first-order chi connectivity index (χ1) is 14.0. The molecule has 29 heavy (non-hydrogen) atoms. The van der Waals surface area contributed by atoms with Gasteiger partial charge in [0.15, 0.2) is 17.3 Å². The Labute approximate surface area is 178 Å². The molecule has 0 amide bonds. The van der Waals surface area contributed by atoms with E-state index in [0.717, 1.165) is 28.3 Å². The minimum Gasteiger partial charge on any atom is -0.493 e. The number of hydrogen-bond acceptors (Lipinski definition) is 5. The molecule has 0 saturated carbocycles. The molecule has 0 aliphatic rings. The standard InChI is InChI=1S/C20H14ClF2N3OS2/c1-28-19-18(11-4-2-5-12(21)8-11)25-26-16(27)9-13(24-20(19)26)10-29-15-7-3-6-14(22)17(15)23/h2-9,27H,10H2,1H3. The molecule has 0 bridgehead atoms. The smallest absolute Gasteiger partial charge is 0.215 e. The van der Waals surface area contributed by atoms with Gasteiger partial charge in [-0.25, -0.2) is 13.8 Å². The molecule has 0 saturated heterocycles. The first-order valence-electron chi connectivity index (χ1n) is 8.46. The zero-order chi connectivity index (χ0) is 20.5. The van der Waals surface area contributed by atoms with Gasteiger partial charge in [0.1, 0.15) is 5.69 Å². The fraction of sp³-hybridized carbons (Fsp3) is 0.100. The Morgan fingerprint density at radius 1 is 1.14 bits per heavy atom. The number of thioether (sulfide) groups is 2. The molecule has 0 atom stereocenters. The van der Waals surface area contributed by atoms with Crippen molar-refractivity contribution in [2.45, 2.75) is 15.5 Å². The van der Waals surface area contributed by atoms with E-state index >= 15 is 0 Å². The van der Waals surface area contributed by atoms with Crippen LogP contribution in [0.5, 0.6) is 5.88 Å². The number of benzene rings is 2. The van der Waals surface area contributed by atoms with Gasteiger partial charge in [0, 0.05) is 27.3 Å². The van der Waals surface area contributed by atoms with Crippen molar-refractivity contribution in [2.24, 2.45) is 0 Å². The molecule has 4 aromatic rings. The summed E-state index contributed by atoms with van der Waals surface area (Å²) < 4.78 is 28.6. The molecule has 0 spiro atoms. The molecular formula is C20H14ClF2N3OS2. The average molecular weight is 450 g/mol. The van der Waals surface area contributed by atoms with Crippen molar-refractivity contribution in [2.75, 3.05) is 6.26 Å². The highest BCUT2D eigenvalue weighted by Gasteiger charge is 2.19. The maximum Gasteiger partial charge on any atom is 0.215 e. The van der Waals surface area contributed by atoms with Gasteiger partial charge in [-0.1, -0.05) is 29.8 Å². The Bertz CT molecular complexity index is 1220. The molecule has 0 radical (unpaired) electrons. The van der Waals surface area contributed by atoms with Crippen LogP contribution in [0.2, 0.25) is 5.02 Å². The lowest BCUT2D eigenvalue weighted by atomic mass is 10.1. The first kappa shape index (κ1) is 20.0. The van der Waals surface area contributed by atoms with Crippen LogP contribution in [0.25, 0.3) is 16.9 Å². The van der Waals surface area contributed by atoms with E-state index in [2.05, 4.69) is 10.1 Å². The molecule has 0 unspecified atom stereocenters. The average Bonchev–Trinajstić information content (AvgIpc) is 3.08. The summed E-state index contributed by atoms with van der Waals surface area (Å²) in [6, 6.07) is 12.8. The van der Waals surface area contributed by atoms with Gasteiger partial charge < -0.3 is 5.11 Å². The summed E-state index contributed by atoms with van der Waals surface area (Å²) in [5.41, 5.74) is 2.48. The molecular weight excluding hydrogens is 436 g/mol. The largest absolute Gasteiger partial charge is 0.493 e. The fourth-order valence-corrected chi connectivity index (χ4v) is 4.57. The van der Waals surface area contributed by atoms with Crippen LogP contribution >= 0.6 is 35.1 Å². The van der Waals surface area contributed by atoms with Crippen molar-refractivity contribution in [3.05, 3.63) is 70.9 Å². The monoisotopic (exact) mass is 449 g/mol. The van der Waals surface area contributed by atoms with E-state index in [1.807, 2.05) is 18.4 Å². The van der Waals surface area contributed by atoms with Crippen molar-refractivity contribution in [1.82, 2.24) is 14.6 Å². The Hall–Kier alpha value is -2.29. The predicted molar refractivity (Wildman–Crippen MR) is 113 cm³/mol. The fourth-order valence-electron chi connectivity index (χ4n) is 2.86. The highest BCUT2D eigenvalue weighted by Crippen LogP contribution is 2.36. The highest BCUT2D eigenvalue weighted by molar-refractivity contribution is 7.99. The number of halogens is 3. The molecule has 1 N–H and O–H groups in total. The second kappa shape index (κ2) is 8.22. The summed E-state index contributed by atoms with van der Waals surface area (Å²) in [7, 11) is 0. The van der Waals surface area contributed by atoms with E-state index in [9.17, 15) is 13.9 Å². The van der Waals surface area contributed by atoms with Gasteiger partial charge in [-0.05, 0) is 30.5 Å². The molecule has 4 nitrogen and oxygen atoms in total. The molecule has 0 aliphatic heterocycles. The maximum atomic E-state index is 13.9. The van der Waals surface area contributed by atoms with Crippen molar-refractivity contribution >= 4 is 40.8 Å². The lowest BCUT2D eigenvalue weighted by molar-refractivity contribution is 0.434. The van der Waals surface area contributed by atoms with E-state index in [1.54, 1.807) is 12.1 Å². The normalized spacial score (nSPS) is 11.3. The highest BCUT2D eigenvalue weighted by atomic mass is 35.5. The molecule has 0 fully saturated rings. The minimum absolute atomic E-state index is 0.0890. The summed E-state index contributed by atoms with van der Waals surface area (Å²) in [6.45, 7) is 0. The molecule has 0 aliphatic carbocycles. The van der Waals surface area contributed by atoms with Crippen LogP contribution in [0, 0.1) is 11.6 Å². The Morgan fingerprint density at radius 3 is 2.69 bits per heavy atom. The zero-order valence-electron chi connectivity index (χ0n) is 15.1. The van der Waals surface area contributed by atoms with E-state index in [4.69, 9.17) is 11.6 Å². The Kier molecular flexibility index (Phi) is 5.67. The van der Waals surface area contributed by atoms with Crippen molar-refractivity contribution < 1.29 is 13.9 Å². The summed E-state index contributed by atoms with van der Waals surface area (Å²) in [4.78, 5) is 5.56. The van der Waals surface area contributed by atoms with E-state index < -0.39 is 11.6 Å². The molecule has 148 valence electrons. The number of aromatic nitrogens is 3. The van der Waals surface area contributed by atoms with Gasteiger partial charge in [-0.2, -0.15) is 9.61 Å². The maximum absolute atomic E-state index is 13.9. The number of hydrogen-bond donors (Lipinski definition) is 1. The summed E-state index contributed by atoms with van der Waals surface area (Å²) >= 11 is 8.66. The van der Waals surface area contributed by atoms with Gasteiger partial charge >= 0.3 is 0 Å². The van der Waals surface area contributed by atoms with Gasteiger partial charge in [0.25, 0.3) is 0 Å². The first-order valence-corrected chi connectivity index (χ1v) is 11.0. The van der Waals surface area contributed by atoms with Gasteiger partial charge in [0.2, 0.25) is 5.88 Å². The van der Waals surface area contributed by atoms with E-state index in [1.165, 1.54) is 34.5 Å². The predicted octanol–water partition coefficient (Wildman–Crippen LogP) is 6.05. The third-order valence-corrected chi connectivity index (χ3v) is 6.26. The van der Waals surface area contributed by atoms with Crippen LogP contribution in [0.1, 0.15) is 5.69 Å². The lowest BCUT2D eigenvalue weighted by Gasteiger charge is -2.06. The Morgan fingerprint density at radius 2 is 1.93 bits per heavy atom. The molecule has 4 rings (SSSR count). The van der Waals surface area contributed by atoms with Crippen molar-refractivity contribution in [3.63, 3.8) is 0 Å². The quantitative estimate of drug-likeness (QED) is 0.376. The van der Waals surface area contributed by atoms with Crippen LogP contribution in [0.3, 0.4) is 0 Å². The zero-order valence-corrected chi connectivity index (χ0v) is 17.5. The third kappa shape index (κ3) is 3.92. The summed E-state index contributed by atoms with van der Waals surface area (Å²) in [6.07, 6.45) is 1.90. The molecule has 9 heteroatoms. The topological polar surface area (TPSA) is 50.4 Å². The van der Waals surface area contributed by atoms with Crippen molar-refractivity contribution in [3.8, 4) is 17.1 Å². The second-order valence-electron chi connectivity index (χ2n) is 6.07. The van der Waals surface area contributed by atoms with Crippen LogP contribution in [0.15, 0.2) is 58.3 Å². The molecule has 2 heterocycles. The lowest BCUT2D eigenvalue weighted by Crippen LogP contribution is -1.96. The molecule has 2 aromatic heterocycles. The van der Waals surface area contributed by atoms with E-state index in [-0.39, 0.29) is 16.5 Å². The SMILES string of the molecule is CSc1c(-c2cccc(Cl)c2)nn2c(O)cc(CSc3cccc(F)c3F)nc12. The second-order valence-corrected chi connectivity index (χ2v) is 8.34. The third-order valence-electron chi connectivity index (χ3n) is 4.17. The van der Waals surface area contributed by atoms with Gasteiger partial charge in [0.05, 0.1) is 10.6 Å². The summed E-state index contributed by atoms with van der Waals surface area (Å²) in [5.74, 6) is -1.61. The minimum atomic E-state index is -0.895. The number of rotatable bonds is 5. The van der Waals surface area contributed by atoms with Gasteiger partial charge in [-0.3, -0.25) is 0 Å². The van der Waals surface area contributed by atoms with Gasteiger partial charge in [-0.15, -0.1) is 23.5 Å². The van der Waals surface area contributed by atoms with Crippen molar-refractivity contribution in [1.29, 1.82) is 0 Å². The van der Waals surface area contributed by atoms with E-state index in [0.29, 0.717) is 22.1 Å². The Balaban J connectivity index is 1.73. The summed E-state index contributed by atoms with van der Waals surface area (Å²) in [5, 5.41) is 15.5. The molecule has 2 aromatic carbocycles. The van der Waals surface area contributed by atoms with Crippen LogP contribution in [-0.4, -0.2) is 26.0 Å². The van der Waals surface area contributed by atoms with Crippen LogP contribution in [0.4, 0.5) is 8.78 Å². The number of fused-ring (bicyclic) bond motifs is 1. The number of nitrogens with zero attached hydrogens (tertiary/aromatic N) is 3.